The second-order valence-corrected chi connectivity index (χ2v) is 6.19. The molecule has 1 heterocycles. The summed E-state index contributed by atoms with van der Waals surface area (Å²) in [6.07, 6.45) is 1.30. The maximum Gasteiger partial charge on any atom is 0.148 e. The minimum absolute atomic E-state index is 0.0162. The molecule has 0 bridgehead atoms. The van der Waals surface area contributed by atoms with Crippen LogP contribution in [0.4, 0.5) is 0 Å². The van der Waals surface area contributed by atoms with Crippen LogP contribution in [0.5, 0.6) is 0 Å². The molecule has 0 saturated carbocycles. The molecule has 1 aliphatic heterocycles. The SMILES string of the molecule is CN1CC(C)(CS(C)(=O)=O)C1. The smallest absolute Gasteiger partial charge is 0.148 e. The third-order valence-corrected chi connectivity index (χ3v) is 3.14. The largest absolute Gasteiger partial charge is 0.305 e. The maximum atomic E-state index is 10.9. The molecule has 0 N–H and O–H groups in total. The van der Waals surface area contributed by atoms with Crippen molar-refractivity contribution in [2.45, 2.75) is 6.92 Å². The summed E-state index contributed by atoms with van der Waals surface area (Å²) in [6.45, 7) is 3.83. The number of nitrogens with zero attached hydrogens (tertiary/aromatic N) is 1. The topological polar surface area (TPSA) is 37.4 Å². The molecular weight excluding hydrogens is 162 g/mol. The number of likely N-dealkylation sites (tertiary alicyclic amines) is 1. The van der Waals surface area contributed by atoms with Crippen molar-refractivity contribution in [1.29, 1.82) is 0 Å². The van der Waals surface area contributed by atoms with Crippen molar-refractivity contribution in [3.63, 3.8) is 0 Å². The van der Waals surface area contributed by atoms with Gasteiger partial charge in [-0.05, 0) is 7.05 Å². The van der Waals surface area contributed by atoms with Crippen molar-refractivity contribution in [3.8, 4) is 0 Å². The van der Waals surface area contributed by atoms with Crippen molar-refractivity contribution >= 4 is 9.84 Å². The van der Waals surface area contributed by atoms with Gasteiger partial charge in [0.05, 0.1) is 5.75 Å². The Balaban J connectivity index is 2.51. The summed E-state index contributed by atoms with van der Waals surface area (Å²) in [6, 6.07) is 0. The minimum atomic E-state index is -2.79. The highest BCUT2D eigenvalue weighted by Crippen LogP contribution is 2.29. The molecule has 3 nitrogen and oxygen atoms in total. The van der Waals surface area contributed by atoms with E-state index in [9.17, 15) is 8.42 Å². The quantitative estimate of drug-likeness (QED) is 0.595. The first-order valence-corrected chi connectivity index (χ1v) is 5.73. The summed E-state index contributed by atoms with van der Waals surface area (Å²) in [5.41, 5.74) is 0.0162. The van der Waals surface area contributed by atoms with Gasteiger partial charge in [0.2, 0.25) is 0 Å². The summed E-state index contributed by atoms with van der Waals surface area (Å²) >= 11 is 0. The molecule has 0 unspecified atom stereocenters. The molecule has 0 aromatic rings. The van der Waals surface area contributed by atoms with Gasteiger partial charge in [-0.15, -0.1) is 0 Å². The molecule has 0 aromatic heterocycles. The fourth-order valence-electron chi connectivity index (χ4n) is 1.98. The molecule has 0 amide bonds. The van der Waals surface area contributed by atoms with E-state index in [2.05, 4.69) is 4.90 Å². The van der Waals surface area contributed by atoms with Crippen molar-refractivity contribution < 1.29 is 8.42 Å². The highest BCUT2D eigenvalue weighted by molar-refractivity contribution is 7.90. The molecule has 0 atom stereocenters. The zero-order chi connectivity index (χ0) is 8.70. The Morgan fingerprint density at radius 2 is 1.91 bits per heavy atom. The summed E-state index contributed by atoms with van der Waals surface area (Å²) in [7, 11) is -0.789. The molecule has 66 valence electrons. The second kappa shape index (κ2) is 2.45. The van der Waals surface area contributed by atoms with Crippen LogP contribution in [0.2, 0.25) is 0 Å². The van der Waals surface area contributed by atoms with E-state index in [-0.39, 0.29) is 5.41 Å². The van der Waals surface area contributed by atoms with Gasteiger partial charge in [-0.3, -0.25) is 0 Å². The van der Waals surface area contributed by atoms with Gasteiger partial charge >= 0.3 is 0 Å². The van der Waals surface area contributed by atoms with Gasteiger partial charge in [-0.2, -0.15) is 0 Å². The van der Waals surface area contributed by atoms with E-state index in [1.165, 1.54) is 6.26 Å². The van der Waals surface area contributed by atoms with Crippen LogP contribution in [0.25, 0.3) is 0 Å². The molecule has 0 aliphatic carbocycles. The Hall–Kier alpha value is -0.0900. The predicted molar refractivity (Wildman–Crippen MR) is 45.3 cm³/mol. The van der Waals surface area contributed by atoms with Crippen LogP contribution < -0.4 is 0 Å². The first kappa shape index (κ1) is 9.00. The van der Waals surface area contributed by atoms with Gasteiger partial charge in [-0.1, -0.05) is 6.92 Å². The zero-order valence-corrected chi connectivity index (χ0v) is 8.11. The average molecular weight is 177 g/mol. The molecule has 0 spiro atoms. The Bertz CT molecular complexity index is 239. The summed E-state index contributed by atoms with van der Waals surface area (Å²) < 4.78 is 21.9. The van der Waals surface area contributed by atoms with Gasteiger partial charge in [0, 0.05) is 24.8 Å². The van der Waals surface area contributed by atoms with Crippen LogP contribution >= 0.6 is 0 Å². The highest BCUT2D eigenvalue weighted by Gasteiger charge is 2.38. The lowest BCUT2D eigenvalue weighted by atomic mass is 9.85. The molecule has 1 fully saturated rings. The molecule has 0 radical (unpaired) electrons. The fourth-order valence-corrected chi connectivity index (χ4v) is 3.43. The average Bonchev–Trinajstić information content (AvgIpc) is 1.53. The molecule has 1 saturated heterocycles. The highest BCUT2D eigenvalue weighted by atomic mass is 32.2. The Morgan fingerprint density at radius 3 is 2.18 bits per heavy atom. The lowest BCUT2D eigenvalue weighted by Crippen LogP contribution is -2.55. The van der Waals surface area contributed by atoms with Crippen molar-refractivity contribution in [2.24, 2.45) is 5.41 Å². The predicted octanol–water partition coefficient (Wildman–Crippen LogP) is -0.0173. The van der Waals surface area contributed by atoms with E-state index in [0.29, 0.717) is 5.75 Å². The van der Waals surface area contributed by atoms with E-state index >= 15 is 0 Å². The first-order valence-electron chi connectivity index (χ1n) is 3.67. The van der Waals surface area contributed by atoms with Crippen LogP contribution in [-0.2, 0) is 9.84 Å². The Morgan fingerprint density at radius 1 is 1.45 bits per heavy atom. The Labute approximate surface area is 68.3 Å². The van der Waals surface area contributed by atoms with E-state index in [1.54, 1.807) is 0 Å². The molecule has 1 rings (SSSR count). The molecule has 1 aliphatic rings. The van der Waals surface area contributed by atoms with E-state index in [1.807, 2.05) is 14.0 Å². The van der Waals surface area contributed by atoms with Gasteiger partial charge < -0.3 is 4.90 Å². The lowest BCUT2D eigenvalue weighted by molar-refractivity contribution is 0.0599. The van der Waals surface area contributed by atoms with Crippen LogP contribution in [-0.4, -0.2) is 45.5 Å². The monoisotopic (exact) mass is 177 g/mol. The molecule has 4 heteroatoms. The summed E-state index contributed by atoms with van der Waals surface area (Å²) in [5, 5.41) is 0. The van der Waals surface area contributed by atoms with Gasteiger partial charge in [-0.25, -0.2) is 8.42 Å². The van der Waals surface area contributed by atoms with Crippen LogP contribution in [0.15, 0.2) is 0 Å². The van der Waals surface area contributed by atoms with Gasteiger partial charge in [0.1, 0.15) is 9.84 Å². The normalized spacial score (nSPS) is 24.6. The number of rotatable bonds is 2. The van der Waals surface area contributed by atoms with E-state index < -0.39 is 9.84 Å². The zero-order valence-electron chi connectivity index (χ0n) is 7.29. The van der Waals surface area contributed by atoms with Crippen molar-refractivity contribution in [2.75, 3.05) is 32.1 Å². The van der Waals surface area contributed by atoms with E-state index in [4.69, 9.17) is 0 Å². The number of sulfone groups is 1. The first-order chi connectivity index (χ1) is 4.81. The molecule has 0 aromatic carbocycles. The second-order valence-electron chi connectivity index (χ2n) is 4.05. The van der Waals surface area contributed by atoms with Crippen molar-refractivity contribution in [3.05, 3.63) is 0 Å². The molecular formula is C7H15NO2S. The van der Waals surface area contributed by atoms with Crippen LogP contribution in [0.1, 0.15) is 6.92 Å². The van der Waals surface area contributed by atoms with Crippen molar-refractivity contribution in [1.82, 2.24) is 4.90 Å². The Kier molecular flexibility index (Phi) is 2.01. The fraction of sp³-hybridized carbons (Fsp3) is 1.00. The maximum absolute atomic E-state index is 10.9. The number of hydrogen-bond donors (Lipinski definition) is 0. The third-order valence-electron chi connectivity index (χ3n) is 1.91. The lowest BCUT2D eigenvalue weighted by Gasteiger charge is -2.45. The van der Waals surface area contributed by atoms with Crippen LogP contribution in [0, 0.1) is 5.41 Å². The molecule has 11 heavy (non-hydrogen) atoms. The number of hydrogen-bond acceptors (Lipinski definition) is 3. The summed E-state index contributed by atoms with van der Waals surface area (Å²) in [4.78, 5) is 2.13. The van der Waals surface area contributed by atoms with E-state index in [0.717, 1.165) is 13.1 Å². The minimum Gasteiger partial charge on any atom is -0.305 e. The third kappa shape index (κ3) is 2.45. The van der Waals surface area contributed by atoms with Crippen LogP contribution in [0.3, 0.4) is 0 Å². The standard InChI is InChI=1S/C7H15NO2S/c1-7(4-8(2)5-7)6-11(3,9)10/h4-6H2,1-3H3. The van der Waals surface area contributed by atoms with Gasteiger partial charge in [0.25, 0.3) is 0 Å². The summed E-state index contributed by atoms with van der Waals surface area (Å²) in [5.74, 6) is 0.324. The van der Waals surface area contributed by atoms with Gasteiger partial charge in [0.15, 0.2) is 0 Å².